The Hall–Kier alpha value is -4.04. The van der Waals surface area contributed by atoms with E-state index in [0.717, 1.165) is 28.1 Å². The molecular formula is C31H31NO6S. The van der Waals surface area contributed by atoms with Gasteiger partial charge in [-0.25, -0.2) is 9.79 Å². The normalized spacial score (nSPS) is 15.3. The molecule has 0 atom stereocenters. The lowest BCUT2D eigenvalue weighted by Gasteiger charge is -2.14. The lowest BCUT2D eigenvalue weighted by Crippen LogP contribution is -2.14. The van der Waals surface area contributed by atoms with E-state index in [1.165, 1.54) is 0 Å². The number of esters is 1. The Morgan fingerprint density at radius 1 is 0.949 bits per heavy atom. The maximum Gasteiger partial charge on any atom is 0.344 e. The van der Waals surface area contributed by atoms with Crippen molar-refractivity contribution in [2.75, 3.05) is 13.2 Å². The second kappa shape index (κ2) is 13.2. The van der Waals surface area contributed by atoms with Crippen molar-refractivity contribution in [1.29, 1.82) is 0 Å². The molecule has 39 heavy (non-hydrogen) atoms. The first-order chi connectivity index (χ1) is 18.9. The number of thioether (sulfide) groups is 1. The zero-order valence-corrected chi connectivity index (χ0v) is 23.0. The summed E-state index contributed by atoms with van der Waals surface area (Å²) in [6.45, 7) is 6.38. The van der Waals surface area contributed by atoms with Crippen molar-refractivity contribution in [2.45, 2.75) is 40.2 Å². The number of amides is 1. The maximum absolute atomic E-state index is 12.5. The van der Waals surface area contributed by atoms with Gasteiger partial charge in [0, 0.05) is 6.42 Å². The van der Waals surface area contributed by atoms with Gasteiger partial charge in [-0.1, -0.05) is 67.2 Å². The Morgan fingerprint density at radius 3 is 2.51 bits per heavy atom. The molecule has 0 fully saturated rings. The third kappa shape index (κ3) is 6.70. The summed E-state index contributed by atoms with van der Waals surface area (Å²) >= 11 is 1.06. The van der Waals surface area contributed by atoms with Crippen LogP contribution < -0.4 is 9.47 Å². The molecule has 1 heterocycles. The van der Waals surface area contributed by atoms with Gasteiger partial charge >= 0.3 is 5.97 Å². The van der Waals surface area contributed by atoms with Crippen molar-refractivity contribution in [3.8, 4) is 11.5 Å². The Bertz CT molecular complexity index is 1470. The number of nitrogens with zero attached hydrogens (tertiary/aromatic N) is 1. The number of carbonyl (C=O) groups excluding carboxylic acids is 2. The van der Waals surface area contributed by atoms with Gasteiger partial charge in [-0.3, -0.25) is 4.79 Å². The molecule has 0 aromatic heterocycles. The minimum absolute atomic E-state index is 0.0994. The van der Waals surface area contributed by atoms with Crippen molar-refractivity contribution in [2.24, 2.45) is 4.99 Å². The quantitative estimate of drug-likeness (QED) is 0.274. The average Bonchev–Trinajstić information content (AvgIpc) is 3.22. The van der Waals surface area contributed by atoms with Crippen molar-refractivity contribution < 1.29 is 28.9 Å². The fourth-order valence-corrected chi connectivity index (χ4v) is 5.13. The highest BCUT2D eigenvalue weighted by molar-refractivity contribution is 8.18. The number of carbonyl (C=O) groups is 2. The van der Waals surface area contributed by atoms with Gasteiger partial charge in [0.05, 0.1) is 18.1 Å². The topological polar surface area (TPSA) is 94.4 Å². The third-order valence-electron chi connectivity index (χ3n) is 5.89. The number of ether oxygens (including phenoxy) is 3. The van der Waals surface area contributed by atoms with E-state index >= 15 is 0 Å². The number of benzene rings is 3. The number of hydrogen-bond donors (Lipinski definition) is 1. The molecule has 3 aromatic rings. The molecule has 0 saturated heterocycles. The number of aliphatic imine (C=N–C) groups is 1. The molecular weight excluding hydrogens is 514 g/mol. The summed E-state index contributed by atoms with van der Waals surface area (Å²) in [7, 11) is 0. The van der Waals surface area contributed by atoms with Gasteiger partial charge in [-0.2, -0.15) is 0 Å². The van der Waals surface area contributed by atoms with E-state index < -0.39 is 5.97 Å². The summed E-state index contributed by atoms with van der Waals surface area (Å²) in [5.41, 5.74) is 1.68. The summed E-state index contributed by atoms with van der Waals surface area (Å²) in [6.07, 6.45) is 2.59. The Balaban J connectivity index is 1.62. The van der Waals surface area contributed by atoms with Gasteiger partial charge in [-0.15, -0.1) is 0 Å². The largest absolute Gasteiger partial charge is 0.506 e. The second-order valence-electron chi connectivity index (χ2n) is 8.68. The van der Waals surface area contributed by atoms with Crippen LogP contribution in [0.2, 0.25) is 0 Å². The molecule has 202 valence electrons. The lowest BCUT2D eigenvalue weighted by atomic mass is 10.1. The first kappa shape index (κ1) is 28.0. The van der Waals surface area contributed by atoms with Gasteiger partial charge in [0.15, 0.2) is 11.5 Å². The smallest absolute Gasteiger partial charge is 0.344 e. The summed E-state index contributed by atoms with van der Waals surface area (Å²) in [4.78, 5) is 29.2. The van der Waals surface area contributed by atoms with Gasteiger partial charge in [0.2, 0.25) is 5.91 Å². The van der Waals surface area contributed by atoms with E-state index in [4.69, 9.17) is 14.2 Å². The second-order valence-corrected chi connectivity index (χ2v) is 9.71. The Labute approximate surface area is 232 Å². The van der Waals surface area contributed by atoms with E-state index in [-0.39, 0.29) is 35.3 Å². The fraction of sp³-hybridized carbons (Fsp3) is 0.258. The van der Waals surface area contributed by atoms with Gasteiger partial charge in [-0.05, 0) is 60.4 Å². The molecule has 1 aliphatic rings. The first-order valence-corrected chi connectivity index (χ1v) is 13.7. The first-order valence-electron chi connectivity index (χ1n) is 12.9. The van der Waals surface area contributed by atoms with Crippen molar-refractivity contribution >= 4 is 45.5 Å². The van der Waals surface area contributed by atoms with E-state index in [2.05, 4.69) is 23.2 Å². The SMILES string of the molecule is CCCC(=O)N=C1S/C(=C\c2ccc(OCc3cccc4ccccc34)c(OCC)c2)C(O)=C1C(=O)OCC. The molecule has 0 saturated carbocycles. The van der Waals surface area contributed by atoms with Crippen LogP contribution in [0, 0.1) is 0 Å². The summed E-state index contributed by atoms with van der Waals surface area (Å²) in [6, 6.07) is 19.7. The number of fused-ring (bicyclic) bond motifs is 1. The highest BCUT2D eigenvalue weighted by Crippen LogP contribution is 2.40. The van der Waals surface area contributed by atoms with Gasteiger partial charge in [0.1, 0.15) is 23.0 Å². The van der Waals surface area contributed by atoms with E-state index in [1.54, 1.807) is 13.0 Å². The molecule has 8 heteroatoms. The minimum Gasteiger partial charge on any atom is -0.506 e. The highest BCUT2D eigenvalue weighted by atomic mass is 32.2. The van der Waals surface area contributed by atoms with Crippen molar-refractivity contribution in [3.05, 3.63) is 88.0 Å². The van der Waals surface area contributed by atoms with Crippen molar-refractivity contribution in [1.82, 2.24) is 0 Å². The number of aliphatic hydroxyl groups excluding tert-OH is 1. The van der Waals surface area contributed by atoms with Crippen LogP contribution in [-0.4, -0.2) is 35.2 Å². The van der Waals surface area contributed by atoms with Crippen LogP contribution in [0.4, 0.5) is 0 Å². The van der Waals surface area contributed by atoms with Gasteiger partial charge in [0.25, 0.3) is 0 Å². The van der Waals surface area contributed by atoms with E-state index in [9.17, 15) is 14.7 Å². The molecule has 0 aliphatic carbocycles. The molecule has 0 unspecified atom stereocenters. The molecule has 0 spiro atoms. The minimum atomic E-state index is -0.721. The molecule has 4 rings (SSSR count). The van der Waals surface area contributed by atoms with Gasteiger partial charge < -0.3 is 19.3 Å². The highest BCUT2D eigenvalue weighted by Gasteiger charge is 2.33. The molecule has 3 aromatic carbocycles. The summed E-state index contributed by atoms with van der Waals surface area (Å²) in [5, 5.41) is 13.3. The Kier molecular flexibility index (Phi) is 9.44. The molecule has 7 nitrogen and oxygen atoms in total. The van der Waals surface area contributed by atoms with Crippen molar-refractivity contribution in [3.63, 3.8) is 0 Å². The van der Waals surface area contributed by atoms with Crippen LogP contribution >= 0.6 is 11.8 Å². The molecule has 1 amide bonds. The van der Waals surface area contributed by atoms with Crippen LogP contribution in [0.25, 0.3) is 16.8 Å². The number of aliphatic hydroxyl groups is 1. The van der Waals surface area contributed by atoms with Crippen LogP contribution in [-0.2, 0) is 20.9 Å². The maximum atomic E-state index is 12.5. The number of hydrogen-bond acceptors (Lipinski definition) is 7. The number of rotatable bonds is 10. The van der Waals surface area contributed by atoms with Crippen LogP contribution in [0.1, 0.15) is 44.7 Å². The van der Waals surface area contributed by atoms with Crippen LogP contribution in [0.5, 0.6) is 11.5 Å². The molecule has 0 bridgehead atoms. The molecule has 0 radical (unpaired) electrons. The standard InChI is InChI=1S/C31H31NO6S/c1-4-10-27(33)32-30-28(31(35)37-6-3)29(34)26(39-30)18-20-15-16-24(25(17-20)36-5-2)38-19-22-13-9-12-21-11-7-8-14-23(21)22/h7-9,11-18,34H,4-6,10,19H2,1-3H3/b26-18-,32-30?. The predicted molar refractivity (Wildman–Crippen MR) is 155 cm³/mol. The zero-order chi connectivity index (χ0) is 27.8. The van der Waals surface area contributed by atoms with E-state index in [0.29, 0.717) is 41.6 Å². The zero-order valence-electron chi connectivity index (χ0n) is 22.2. The van der Waals surface area contributed by atoms with Crippen LogP contribution in [0.3, 0.4) is 0 Å². The monoisotopic (exact) mass is 545 g/mol. The Morgan fingerprint density at radius 2 is 1.74 bits per heavy atom. The lowest BCUT2D eigenvalue weighted by molar-refractivity contribution is -0.138. The van der Waals surface area contributed by atoms with Crippen LogP contribution in [0.15, 0.2) is 81.9 Å². The molecule has 1 aliphatic heterocycles. The van der Waals surface area contributed by atoms with E-state index in [1.807, 2.05) is 56.3 Å². The summed E-state index contributed by atoms with van der Waals surface area (Å²) < 4.78 is 17.1. The summed E-state index contributed by atoms with van der Waals surface area (Å²) in [5.74, 6) is -0.208. The fourth-order valence-electron chi connectivity index (χ4n) is 4.10. The third-order valence-corrected chi connectivity index (χ3v) is 6.91. The molecule has 1 N–H and O–H groups in total. The average molecular weight is 546 g/mol. The predicted octanol–water partition coefficient (Wildman–Crippen LogP) is 7.01.